The van der Waals surface area contributed by atoms with Gasteiger partial charge in [0.25, 0.3) is 0 Å². The van der Waals surface area contributed by atoms with Crippen LogP contribution in [-0.4, -0.2) is 36.6 Å². The fourth-order valence-corrected chi connectivity index (χ4v) is 4.25. The third kappa shape index (κ3) is 4.46. The normalized spacial score (nSPS) is 36.8. The van der Waals surface area contributed by atoms with Crippen molar-refractivity contribution in [1.29, 1.82) is 0 Å². The van der Waals surface area contributed by atoms with Crippen molar-refractivity contribution in [2.75, 3.05) is 19.6 Å². The predicted molar refractivity (Wildman–Crippen MR) is 88.1 cm³/mol. The van der Waals surface area contributed by atoms with Gasteiger partial charge >= 0.3 is 0 Å². The number of nitrogens with zero attached hydrogens (tertiary/aromatic N) is 1. The average Bonchev–Trinajstić information content (AvgIpc) is 2.71. The van der Waals surface area contributed by atoms with E-state index in [9.17, 15) is 0 Å². The Morgan fingerprint density at radius 2 is 1.90 bits per heavy atom. The Balaban J connectivity index is 1.94. The quantitative estimate of drug-likeness (QED) is 0.817. The van der Waals surface area contributed by atoms with E-state index in [1.807, 2.05) is 0 Å². The molecule has 20 heavy (non-hydrogen) atoms. The molecule has 0 radical (unpaired) electrons. The Morgan fingerprint density at radius 1 is 1.05 bits per heavy atom. The summed E-state index contributed by atoms with van der Waals surface area (Å²) in [5, 5.41) is 3.84. The van der Waals surface area contributed by atoms with Gasteiger partial charge in [0, 0.05) is 12.1 Å². The number of likely N-dealkylation sites (tertiary alicyclic amines) is 1. The van der Waals surface area contributed by atoms with Crippen LogP contribution in [0.4, 0.5) is 0 Å². The second-order valence-corrected chi connectivity index (χ2v) is 7.29. The zero-order valence-electron chi connectivity index (χ0n) is 14.0. The lowest BCUT2D eigenvalue weighted by atomic mass is 9.82. The van der Waals surface area contributed by atoms with Gasteiger partial charge in [-0.25, -0.2) is 0 Å². The lowest BCUT2D eigenvalue weighted by molar-refractivity contribution is 0.103. The molecule has 118 valence electrons. The highest BCUT2D eigenvalue weighted by Crippen LogP contribution is 2.30. The first-order chi connectivity index (χ1) is 9.74. The minimum atomic E-state index is 0.754. The summed E-state index contributed by atoms with van der Waals surface area (Å²) in [6, 6.07) is 1.56. The first kappa shape index (κ1) is 16.3. The van der Waals surface area contributed by atoms with Crippen LogP contribution in [0.3, 0.4) is 0 Å². The standard InChI is InChI=1S/C18H36N2/c1-4-11-19-17-9-8-15(3)14-18(17)20-12-6-7-16(5-2)10-13-20/h15-19H,4-14H2,1-3H3. The highest BCUT2D eigenvalue weighted by molar-refractivity contribution is 4.91. The molecule has 4 unspecified atom stereocenters. The Morgan fingerprint density at radius 3 is 2.65 bits per heavy atom. The number of hydrogen-bond acceptors (Lipinski definition) is 2. The van der Waals surface area contributed by atoms with Gasteiger partial charge in [-0.1, -0.05) is 27.2 Å². The molecule has 2 fully saturated rings. The molecule has 1 heterocycles. The van der Waals surface area contributed by atoms with Crippen LogP contribution in [-0.2, 0) is 0 Å². The predicted octanol–water partition coefficient (Wildman–Crippen LogP) is 4.06. The van der Waals surface area contributed by atoms with Crippen LogP contribution in [0, 0.1) is 11.8 Å². The average molecular weight is 280 g/mol. The number of hydrogen-bond donors (Lipinski definition) is 1. The largest absolute Gasteiger partial charge is 0.312 e. The van der Waals surface area contributed by atoms with Gasteiger partial charge < -0.3 is 5.32 Å². The minimum absolute atomic E-state index is 0.754. The molecule has 2 heteroatoms. The first-order valence-electron chi connectivity index (χ1n) is 9.22. The summed E-state index contributed by atoms with van der Waals surface area (Å²) in [6.07, 6.45) is 11.2. The summed E-state index contributed by atoms with van der Waals surface area (Å²) in [5.41, 5.74) is 0. The van der Waals surface area contributed by atoms with E-state index in [0.29, 0.717) is 0 Å². The van der Waals surface area contributed by atoms with Crippen LogP contribution in [0.1, 0.15) is 72.1 Å². The third-order valence-corrected chi connectivity index (χ3v) is 5.66. The molecule has 0 amide bonds. The van der Waals surface area contributed by atoms with Crippen LogP contribution in [0.2, 0.25) is 0 Å². The van der Waals surface area contributed by atoms with Crippen molar-refractivity contribution < 1.29 is 0 Å². The molecule has 0 aromatic rings. The molecule has 4 atom stereocenters. The van der Waals surface area contributed by atoms with Crippen LogP contribution < -0.4 is 5.32 Å². The Kier molecular flexibility index (Phi) is 6.83. The van der Waals surface area contributed by atoms with Crippen molar-refractivity contribution in [3.8, 4) is 0 Å². The maximum Gasteiger partial charge on any atom is 0.0251 e. The van der Waals surface area contributed by atoms with Crippen molar-refractivity contribution in [2.45, 2.75) is 84.2 Å². The minimum Gasteiger partial charge on any atom is -0.312 e. The molecule has 1 aliphatic carbocycles. The lowest BCUT2D eigenvalue weighted by Gasteiger charge is -2.42. The van der Waals surface area contributed by atoms with Crippen molar-refractivity contribution in [2.24, 2.45) is 11.8 Å². The SMILES string of the molecule is CCCNC1CCC(C)CC1N1CCCC(CC)CC1. The fraction of sp³-hybridized carbons (Fsp3) is 1.00. The van der Waals surface area contributed by atoms with E-state index in [2.05, 4.69) is 31.0 Å². The molecule has 1 aliphatic heterocycles. The first-order valence-corrected chi connectivity index (χ1v) is 9.22. The van der Waals surface area contributed by atoms with E-state index in [0.717, 1.165) is 23.9 Å². The van der Waals surface area contributed by atoms with Gasteiger partial charge in [-0.3, -0.25) is 4.90 Å². The van der Waals surface area contributed by atoms with E-state index >= 15 is 0 Å². The van der Waals surface area contributed by atoms with E-state index in [4.69, 9.17) is 0 Å². The van der Waals surface area contributed by atoms with Crippen LogP contribution in [0.5, 0.6) is 0 Å². The van der Waals surface area contributed by atoms with Gasteiger partial charge in [0.15, 0.2) is 0 Å². The summed E-state index contributed by atoms with van der Waals surface area (Å²) in [7, 11) is 0. The number of nitrogens with one attached hydrogen (secondary N) is 1. The van der Waals surface area contributed by atoms with Crippen molar-refractivity contribution in [3.05, 3.63) is 0 Å². The second-order valence-electron chi connectivity index (χ2n) is 7.29. The molecule has 0 aromatic heterocycles. The van der Waals surface area contributed by atoms with E-state index in [1.54, 1.807) is 0 Å². The Hall–Kier alpha value is -0.0800. The van der Waals surface area contributed by atoms with Crippen LogP contribution in [0.15, 0.2) is 0 Å². The summed E-state index contributed by atoms with van der Waals surface area (Å²) in [6.45, 7) is 11.0. The van der Waals surface area contributed by atoms with Gasteiger partial charge in [-0.05, 0) is 76.4 Å². The maximum atomic E-state index is 3.84. The lowest BCUT2D eigenvalue weighted by Crippen LogP contribution is -2.53. The molecule has 2 rings (SSSR count). The van der Waals surface area contributed by atoms with Crippen molar-refractivity contribution in [1.82, 2.24) is 10.2 Å². The molecule has 1 saturated heterocycles. The molecule has 1 saturated carbocycles. The molecule has 1 N–H and O–H groups in total. The van der Waals surface area contributed by atoms with E-state index in [-0.39, 0.29) is 0 Å². The highest BCUT2D eigenvalue weighted by Gasteiger charge is 2.33. The van der Waals surface area contributed by atoms with Crippen molar-refractivity contribution >= 4 is 0 Å². The monoisotopic (exact) mass is 280 g/mol. The Labute approximate surface area is 126 Å². The zero-order chi connectivity index (χ0) is 14.4. The number of rotatable bonds is 5. The molecular formula is C18H36N2. The van der Waals surface area contributed by atoms with Gasteiger partial charge in [-0.15, -0.1) is 0 Å². The van der Waals surface area contributed by atoms with Gasteiger partial charge in [0.1, 0.15) is 0 Å². The maximum absolute atomic E-state index is 3.84. The summed E-state index contributed by atoms with van der Waals surface area (Å²) < 4.78 is 0. The molecule has 0 aromatic carbocycles. The van der Waals surface area contributed by atoms with Gasteiger partial charge in [0.05, 0.1) is 0 Å². The smallest absolute Gasteiger partial charge is 0.0251 e. The molecule has 2 aliphatic rings. The van der Waals surface area contributed by atoms with Crippen LogP contribution >= 0.6 is 0 Å². The summed E-state index contributed by atoms with van der Waals surface area (Å²) in [4.78, 5) is 2.85. The van der Waals surface area contributed by atoms with Crippen LogP contribution in [0.25, 0.3) is 0 Å². The highest BCUT2D eigenvalue weighted by atomic mass is 15.2. The van der Waals surface area contributed by atoms with Crippen molar-refractivity contribution in [3.63, 3.8) is 0 Å². The van der Waals surface area contributed by atoms with Gasteiger partial charge in [-0.2, -0.15) is 0 Å². The molecular weight excluding hydrogens is 244 g/mol. The topological polar surface area (TPSA) is 15.3 Å². The summed E-state index contributed by atoms with van der Waals surface area (Å²) >= 11 is 0. The molecule has 0 spiro atoms. The molecule has 2 nitrogen and oxygen atoms in total. The van der Waals surface area contributed by atoms with E-state index in [1.165, 1.54) is 71.0 Å². The van der Waals surface area contributed by atoms with Gasteiger partial charge in [0.2, 0.25) is 0 Å². The second kappa shape index (κ2) is 8.38. The summed E-state index contributed by atoms with van der Waals surface area (Å²) in [5.74, 6) is 1.91. The Bertz CT molecular complexity index is 264. The molecule has 0 bridgehead atoms. The fourth-order valence-electron chi connectivity index (χ4n) is 4.25. The van der Waals surface area contributed by atoms with E-state index < -0.39 is 0 Å². The third-order valence-electron chi connectivity index (χ3n) is 5.66. The zero-order valence-corrected chi connectivity index (χ0v) is 14.0.